The molecule has 0 amide bonds. The summed E-state index contributed by atoms with van der Waals surface area (Å²) in [4.78, 5) is 20.2. The van der Waals surface area contributed by atoms with Crippen LogP contribution >= 0.6 is 0 Å². The highest BCUT2D eigenvalue weighted by atomic mass is 19.4. The average molecular weight is 389 g/mol. The minimum absolute atomic E-state index is 0.0572. The lowest BCUT2D eigenvalue weighted by Crippen LogP contribution is -2.15. The molecule has 0 aliphatic heterocycles. The lowest BCUT2D eigenvalue weighted by Gasteiger charge is -2.19. The third kappa shape index (κ3) is 3.85. The van der Waals surface area contributed by atoms with E-state index in [2.05, 4.69) is 15.3 Å². The van der Waals surface area contributed by atoms with Crippen LogP contribution in [0.25, 0.3) is 0 Å². The van der Waals surface area contributed by atoms with Crippen LogP contribution in [0, 0.1) is 10.1 Å². The molecular weight excluding hydrogens is 375 g/mol. The number of anilines is 4. The van der Waals surface area contributed by atoms with E-state index < -0.39 is 22.4 Å². The van der Waals surface area contributed by atoms with Crippen molar-refractivity contribution in [2.24, 2.45) is 0 Å². The minimum atomic E-state index is -4.63. The first kappa shape index (κ1) is 19.1. The maximum absolute atomic E-state index is 13.2. The van der Waals surface area contributed by atoms with Gasteiger partial charge < -0.3 is 10.2 Å². The predicted octanol–water partition coefficient (Wildman–Crippen LogP) is 4.92. The summed E-state index contributed by atoms with van der Waals surface area (Å²) in [5.74, 6) is -0.396. The lowest BCUT2D eigenvalue weighted by molar-refractivity contribution is -0.383. The first-order valence-corrected chi connectivity index (χ1v) is 8.00. The molecule has 0 aliphatic rings. The van der Waals surface area contributed by atoms with Gasteiger partial charge in [0.25, 0.3) is 0 Å². The Kier molecular flexibility index (Phi) is 5.12. The Bertz CT molecular complexity index is 996. The zero-order valence-corrected chi connectivity index (χ0v) is 14.5. The van der Waals surface area contributed by atoms with E-state index >= 15 is 0 Å². The van der Waals surface area contributed by atoms with Crippen LogP contribution < -0.4 is 10.2 Å². The van der Waals surface area contributed by atoms with E-state index in [0.717, 1.165) is 12.4 Å². The summed E-state index contributed by atoms with van der Waals surface area (Å²) < 4.78 is 39.7. The number of nitrogens with one attached hydrogen (secondary N) is 1. The Hall–Kier alpha value is -3.69. The van der Waals surface area contributed by atoms with Crippen LogP contribution in [-0.4, -0.2) is 21.9 Å². The molecule has 1 aromatic heterocycles. The Labute approximate surface area is 157 Å². The third-order valence-electron chi connectivity index (χ3n) is 3.93. The van der Waals surface area contributed by atoms with Crippen LogP contribution in [0.5, 0.6) is 0 Å². The highest BCUT2D eigenvalue weighted by Gasteiger charge is 2.34. The summed E-state index contributed by atoms with van der Waals surface area (Å²) in [5.41, 5.74) is -1.22. The SMILES string of the molecule is CN(c1ccccc1)c1ncnc(Nc2ccccc2C(F)(F)F)c1[N+](=O)[O-]. The van der Waals surface area contributed by atoms with Crippen molar-refractivity contribution < 1.29 is 18.1 Å². The second-order valence-electron chi connectivity index (χ2n) is 5.71. The number of benzene rings is 2. The van der Waals surface area contributed by atoms with Gasteiger partial charge in [-0.2, -0.15) is 13.2 Å². The summed E-state index contributed by atoms with van der Waals surface area (Å²) in [5, 5.41) is 14.1. The molecule has 0 bridgehead atoms. The fraction of sp³-hybridized carbons (Fsp3) is 0.111. The molecule has 0 spiro atoms. The normalized spacial score (nSPS) is 11.1. The van der Waals surface area contributed by atoms with Crippen LogP contribution in [0.1, 0.15) is 5.56 Å². The predicted molar refractivity (Wildman–Crippen MR) is 97.9 cm³/mol. The van der Waals surface area contributed by atoms with E-state index in [9.17, 15) is 23.3 Å². The maximum atomic E-state index is 13.2. The molecule has 0 fully saturated rings. The van der Waals surface area contributed by atoms with Gasteiger partial charge in [0.05, 0.1) is 16.2 Å². The quantitative estimate of drug-likeness (QED) is 0.493. The third-order valence-corrected chi connectivity index (χ3v) is 3.93. The molecule has 0 radical (unpaired) electrons. The lowest BCUT2D eigenvalue weighted by atomic mass is 10.1. The molecule has 3 aromatic rings. The Balaban J connectivity index is 2.08. The van der Waals surface area contributed by atoms with Gasteiger partial charge >= 0.3 is 11.9 Å². The van der Waals surface area contributed by atoms with Crippen molar-refractivity contribution in [3.05, 3.63) is 76.6 Å². The molecule has 28 heavy (non-hydrogen) atoms. The monoisotopic (exact) mass is 389 g/mol. The number of para-hydroxylation sites is 2. The van der Waals surface area contributed by atoms with Crippen LogP contribution in [0.15, 0.2) is 60.9 Å². The number of rotatable bonds is 5. The van der Waals surface area contributed by atoms with Gasteiger partial charge in [-0.05, 0) is 24.3 Å². The van der Waals surface area contributed by atoms with Crippen molar-refractivity contribution in [3.8, 4) is 0 Å². The molecular formula is C18H14F3N5O2. The van der Waals surface area contributed by atoms with Gasteiger partial charge in [-0.25, -0.2) is 9.97 Å². The molecule has 10 heteroatoms. The number of halogens is 3. The fourth-order valence-corrected chi connectivity index (χ4v) is 2.62. The van der Waals surface area contributed by atoms with E-state index in [1.54, 1.807) is 37.4 Å². The summed E-state index contributed by atoms with van der Waals surface area (Å²) in [6, 6.07) is 13.4. The largest absolute Gasteiger partial charge is 0.418 e. The first-order valence-electron chi connectivity index (χ1n) is 8.00. The fourth-order valence-electron chi connectivity index (χ4n) is 2.62. The van der Waals surface area contributed by atoms with Gasteiger partial charge in [0.2, 0.25) is 11.6 Å². The van der Waals surface area contributed by atoms with Gasteiger partial charge in [0, 0.05) is 12.7 Å². The highest BCUT2D eigenvalue weighted by Crippen LogP contribution is 2.39. The summed E-state index contributed by atoms with van der Waals surface area (Å²) >= 11 is 0. The number of nitrogens with zero attached hydrogens (tertiary/aromatic N) is 4. The second kappa shape index (κ2) is 7.51. The topological polar surface area (TPSA) is 84.2 Å². The smallest absolute Gasteiger partial charge is 0.334 e. The van der Waals surface area contributed by atoms with Crippen LogP contribution in [0.3, 0.4) is 0 Å². The van der Waals surface area contributed by atoms with Gasteiger partial charge in [-0.3, -0.25) is 10.1 Å². The molecule has 0 saturated carbocycles. The Morgan fingerprint density at radius 1 is 1.04 bits per heavy atom. The summed E-state index contributed by atoms with van der Waals surface area (Å²) in [6.45, 7) is 0. The van der Waals surface area contributed by atoms with E-state index in [-0.39, 0.29) is 17.3 Å². The zero-order valence-electron chi connectivity index (χ0n) is 14.5. The van der Waals surface area contributed by atoms with E-state index in [4.69, 9.17) is 0 Å². The molecule has 0 atom stereocenters. The Morgan fingerprint density at radius 2 is 1.68 bits per heavy atom. The zero-order chi connectivity index (χ0) is 20.3. The van der Waals surface area contributed by atoms with E-state index in [1.807, 2.05) is 0 Å². The Morgan fingerprint density at radius 3 is 2.32 bits per heavy atom. The van der Waals surface area contributed by atoms with Crippen molar-refractivity contribution in [3.63, 3.8) is 0 Å². The standard InChI is InChI=1S/C18H14F3N5O2/c1-25(12-7-3-2-4-8-12)17-15(26(27)28)16(22-11-23-17)24-14-10-6-5-9-13(14)18(19,20)21/h2-11H,1H3,(H,22,23,24). The van der Waals surface area contributed by atoms with Crippen molar-refractivity contribution in [1.29, 1.82) is 0 Å². The van der Waals surface area contributed by atoms with Crippen molar-refractivity contribution in [2.75, 3.05) is 17.3 Å². The minimum Gasteiger partial charge on any atom is -0.334 e. The number of aromatic nitrogens is 2. The molecule has 2 aromatic carbocycles. The summed E-state index contributed by atoms with van der Waals surface area (Å²) in [6.07, 6.45) is -3.57. The first-order chi connectivity index (χ1) is 13.3. The summed E-state index contributed by atoms with van der Waals surface area (Å²) in [7, 11) is 1.57. The van der Waals surface area contributed by atoms with Gasteiger partial charge in [0.1, 0.15) is 6.33 Å². The molecule has 1 heterocycles. The van der Waals surface area contributed by atoms with E-state index in [0.29, 0.717) is 5.69 Å². The molecule has 7 nitrogen and oxygen atoms in total. The van der Waals surface area contributed by atoms with Crippen LogP contribution in [0.4, 0.5) is 41.9 Å². The van der Waals surface area contributed by atoms with Gasteiger partial charge in [-0.1, -0.05) is 30.3 Å². The maximum Gasteiger partial charge on any atom is 0.418 e. The average Bonchev–Trinajstić information content (AvgIpc) is 2.67. The molecule has 0 unspecified atom stereocenters. The molecule has 3 rings (SSSR count). The van der Waals surface area contributed by atoms with E-state index in [1.165, 1.54) is 23.1 Å². The van der Waals surface area contributed by atoms with Gasteiger partial charge in [-0.15, -0.1) is 0 Å². The van der Waals surface area contributed by atoms with Crippen molar-refractivity contribution in [2.45, 2.75) is 6.18 Å². The molecule has 0 saturated heterocycles. The van der Waals surface area contributed by atoms with Crippen molar-refractivity contribution >= 4 is 28.7 Å². The second-order valence-corrected chi connectivity index (χ2v) is 5.71. The highest BCUT2D eigenvalue weighted by molar-refractivity contribution is 5.78. The van der Waals surface area contributed by atoms with Crippen molar-refractivity contribution in [1.82, 2.24) is 9.97 Å². The van der Waals surface area contributed by atoms with Crippen LogP contribution in [0.2, 0.25) is 0 Å². The number of nitro groups is 1. The number of alkyl halides is 3. The molecule has 144 valence electrons. The van der Waals surface area contributed by atoms with Crippen LogP contribution in [-0.2, 0) is 6.18 Å². The molecule has 1 N–H and O–H groups in total. The van der Waals surface area contributed by atoms with Gasteiger partial charge in [0.15, 0.2) is 0 Å². The number of hydrogen-bond donors (Lipinski definition) is 1. The molecule has 0 aliphatic carbocycles. The number of hydrogen-bond acceptors (Lipinski definition) is 6.